The fraction of sp³-hybridized carbons (Fsp3) is 0.889. The number of nitrogens with one attached hydrogen (secondary N) is 1. The Bertz CT molecular complexity index is 425. The van der Waals surface area contributed by atoms with Gasteiger partial charge in [0.05, 0.1) is 0 Å². The highest BCUT2D eigenvalue weighted by atomic mass is 16.5. The van der Waals surface area contributed by atoms with Crippen molar-refractivity contribution >= 4 is 11.9 Å². The average molecular weight is 327 g/mol. The second-order valence-electron chi connectivity index (χ2n) is 7.43. The van der Waals surface area contributed by atoms with E-state index in [-0.39, 0.29) is 35.5 Å². The molecule has 1 heterocycles. The zero-order valence-corrected chi connectivity index (χ0v) is 15.3. The minimum atomic E-state index is -0.817. The summed E-state index contributed by atoms with van der Waals surface area (Å²) in [7, 11) is 0. The number of carbonyl (C=O) groups excluding carboxylic acids is 1. The molecule has 4 unspecified atom stereocenters. The van der Waals surface area contributed by atoms with E-state index < -0.39 is 5.97 Å². The van der Waals surface area contributed by atoms with E-state index in [1.807, 2.05) is 0 Å². The average Bonchev–Trinajstić information content (AvgIpc) is 2.48. The van der Waals surface area contributed by atoms with Crippen molar-refractivity contribution in [2.45, 2.75) is 96.7 Å². The Morgan fingerprint density at radius 2 is 1.78 bits per heavy atom. The van der Waals surface area contributed by atoms with Crippen LogP contribution < -0.4 is 5.32 Å². The highest BCUT2D eigenvalue weighted by Crippen LogP contribution is 2.38. The molecular weight excluding hydrogens is 294 g/mol. The van der Waals surface area contributed by atoms with Crippen LogP contribution >= 0.6 is 0 Å². The minimum absolute atomic E-state index is 0.0223. The summed E-state index contributed by atoms with van der Waals surface area (Å²) in [6.07, 6.45) is 4.21. The Hall–Kier alpha value is -1.10. The molecule has 0 spiro atoms. The van der Waals surface area contributed by atoms with Crippen LogP contribution in [0, 0.1) is 5.92 Å². The summed E-state index contributed by atoms with van der Waals surface area (Å²) in [5.74, 6) is -0.774. The second-order valence-corrected chi connectivity index (χ2v) is 7.43. The molecule has 0 amide bonds. The molecule has 1 aliphatic rings. The zero-order valence-electron chi connectivity index (χ0n) is 15.3. The van der Waals surface area contributed by atoms with E-state index in [9.17, 15) is 9.59 Å². The van der Waals surface area contributed by atoms with Gasteiger partial charge in [0, 0.05) is 36.3 Å². The summed E-state index contributed by atoms with van der Waals surface area (Å²) in [5, 5.41) is 12.4. The lowest BCUT2D eigenvalue weighted by molar-refractivity contribution is -0.159. The highest BCUT2D eigenvalue weighted by Gasteiger charge is 2.47. The van der Waals surface area contributed by atoms with Gasteiger partial charge in [-0.2, -0.15) is 0 Å². The van der Waals surface area contributed by atoms with Crippen molar-refractivity contribution in [3.05, 3.63) is 0 Å². The number of esters is 1. The van der Waals surface area contributed by atoms with E-state index in [2.05, 4.69) is 39.9 Å². The molecule has 2 N–H and O–H groups in total. The van der Waals surface area contributed by atoms with Crippen molar-refractivity contribution < 1.29 is 19.4 Å². The maximum Gasteiger partial charge on any atom is 0.306 e. The molecule has 1 fully saturated rings. The molecule has 5 nitrogen and oxygen atoms in total. The van der Waals surface area contributed by atoms with Gasteiger partial charge in [0.15, 0.2) is 0 Å². The molecule has 0 aromatic rings. The first kappa shape index (κ1) is 19.9. The molecule has 4 atom stereocenters. The van der Waals surface area contributed by atoms with Gasteiger partial charge in [0.2, 0.25) is 0 Å². The third-order valence-electron chi connectivity index (χ3n) is 5.62. The maximum absolute atomic E-state index is 12.1. The van der Waals surface area contributed by atoms with E-state index >= 15 is 0 Å². The number of unbranched alkanes of at least 4 members (excludes halogenated alkanes) is 1. The van der Waals surface area contributed by atoms with Gasteiger partial charge in [-0.1, -0.05) is 20.8 Å². The summed E-state index contributed by atoms with van der Waals surface area (Å²) in [5.41, 5.74) is -0.0667. The Morgan fingerprint density at radius 3 is 2.30 bits per heavy atom. The number of aliphatic carboxylic acids is 1. The molecule has 0 aliphatic carbocycles. The summed E-state index contributed by atoms with van der Waals surface area (Å²) < 4.78 is 5.78. The van der Waals surface area contributed by atoms with E-state index in [4.69, 9.17) is 9.84 Å². The fourth-order valence-corrected chi connectivity index (χ4v) is 3.45. The number of hydrogen-bond acceptors (Lipinski definition) is 4. The molecular formula is C18H33NO4. The van der Waals surface area contributed by atoms with Crippen LogP contribution in [-0.4, -0.2) is 34.2 Å². The Morgan fingerprint density at radius 1 is 1.17 bits per heavy atom. The topological polar surface area (TPSA) is 75.6 Å². The standard InChI is InChI=1S/C18H33NO4/c1-6-17(4)12-14(13(3)18(5,7-2)19-17)23-16(22)11-9-8-10-15(20)21/h13-14,19H,6-12H2,1-5H3,(H,20,21). The van der Waals surface area contributed by atoms with Crippen molar-refractivity contribution in [1.82, 2.24) is 5.32 Å². The van der Waals surface area contributed by atoms with Crippen LogP contribution in [0.15, 0.2) is 0 Å². The molecule has 0 radical (unpaired) electrons. The molecule has 0 saturated carbocycles. The van der Waals surface area contributed by atoms with Crippen molar-refractivity contribution in [2.75, 3.05) is 0 Å². The predicted octanol–water partition coefficient (Wildman–Crippen LogP) is 3.51. The molecule has 23 heavy (non-hydrogen) atoms. The predicted molar refractivity (Wildman–Crippen MR) is 90.3 cm³/mol. The number of rotatable bonds is 8. The first-order chi connectivity index (χ1) is 10.7. The number of carboxylic acids is 1. The third-order valence-corrected chi connectivity index (χ3v) is 5.62. The lowest BCUT2D eigenvalue weighted by Crippen LogP contribution is -2.66. The van der Waals surface area contributed by atoms with E-state index in [1.165, 1.54) is 0 Å². The Kier molecular flexibility index (Phi) is 7.05. The number of carboxylic acid groups (broad SMARTS) is 1. The number of piperidine rings is 1. The van der Waals surface area contributed by atoms with E-state index in [0.29, 0.717) is 19.3 Å². The third kappa shape index (κ3) is 5.48. The van der Waals surface area contributed by atoms with Gasteiger partial charge in [-0.3, -0.25) is 9.59 Å². The summed E-state index contributed by atoms with van der Waals surface area (Å²) in [6, 6.07) is 0. The maximum atomic E-state index is 12.1. The molecule has 134 valence electrons. The van der Waals surface area contributed by atoms with Crippen LogP contribution in [0.2, 0.25) is 0 Å². The molecule has 1 rings (SSSR count). The molecule has 0 aromatic heterocycles. The van der Waals surface area contributed by atoms with Crippen molar-refractivity contribution in [1.29, 1.82) is 0 Å². The quantitative estimate of drug-likeness (QED) is 0.527. The van der Waals surface area contributed by atoms with Crippen LogP contribution in [0.4, 0.5) is 0 Å². The van der Waals surface area contributed by atoms with Crippen LogP contribution in [0.1, 0.15) is 79.6 Å². The Balaban J connectivity index is 2.62. The first-order valence-corrected chi connectivity index (χ1v) is 8.86. The van der Waals surface area contributed by atoms with E-state index in [1.54, 1.807) is 0 Å². The van der Waals surface area contributed by atoms with Gasteiger partial charge in [0.25, 0.3) is 0 Å². The summed E-state index contributed by atoms with van der Waals surface area (Å²) >= 11 is 0. The van der Waals surface area contributed by atoms with E-state index in [0.717, 1.165) is 19.3 Å². The van der Waals surface area contributed by atoms with Crippen molar-refractivity contribution in [3.8, 4) is 0 Å². The number of ether oxygens (including phenoxy) is 1. The largest absolute Gasteiger partial charge is 0.481 e. The van der Waals surface area contributed by atoms with Gasteiger partial charge in [-0.15, -0.1) is 0 Å². The van der Waals surface area contributed by atoms with Crippen LogP contribution in [0.5, 0.6) is 0 Å². The van der Waals surface area contributed by atoms with Crippen molar-refractivity contribution in [2.24, 2.45) is 5.92 Å². The minimum Gasteiger partial charge on any atom is -0.481 e. The van der Waals surface area contributed by atoms with Gasteiger partial charge in [-0.25, -0.2) is 0 Å². The molecule has 0 bridgehead atoms. The second kappa shape index (κ2) is 8.13. The van der Waals surface area contributed by atoms with Crippen molar-refractivity contribution in [3.63, 3.8) is 0 Å². The SMILES string of the molecule is CCC1(C)CC(OC(=O)CCCCC(=O)O)C(C)C(C)(CC)N1. The summed E-state index contributed by atoms with van der Waals surface area (Å²) in [4.78, 5) is 22.6. The lowest BCUT2D eigenvalue weighted by Gasteiger charge is -2.52. The Labute approximate surface area is 140 Å². The molecule has 5 heteroatoms. The molecule has 1 aliphatic heterocycles. The summed E-state index contributed by atoms with van der Waals surface area (Å²) in [6.45, 7) is 10.9. The lowest BCUT2D eigenvalue weighted by atomic mass is 9.70. The fourth-order valence-electron chi connectivity index (χ4n) is 3.45. The van der Waals surface area contributed by atoms with Crippen LogP contribution in [0.25, 0.3) is 0 Å². The van der Waals surface area contributed by atoms with Crippen LogP contribution in [-0.2, 0) is 14.3 Å². The number of carbonyl (C=O) groups is 2. The first-order valence-electron chi connectivity index (χ1n) is 8.86. The zero-order chi connectivity index (χ0) is 17.7. The van der Waals surface area contributed by atoms with Crippen LogP contribution in [0.3, 0.4) is 0 Å². The monoisotopic (exact) mass is 327 g/mol. The molecule has 1 saturated heterocycles. The smallest absolute Gasteiger partial charge is 0.306 e. The highest BCUT2D eigenvalue weighted by molar-refractivity contribution is 5.70. The normalized spacial score (nSPS) is 34.1. The van der Waals surface area contributed by atoms with Gasteiger partial charge < -0.3 is 15.2 Å². The van der Waals surface area contributed by atoms with Gasteiger partial charge >= 0.3 is 11.9 Å². The molecule has 0 aromatic carbocycles. The van der Waals surface area contributed by atoms with Gasteiger partial charge in [0.1, 0.15) is 6.10 Å². The number of hydrogen-bond donors (Lipinski definition) is 2. The van der Waals surface area contributed by atoms with Gasteiger partial charge in [-0.05, 0) is 39.5 Å².